The Kier molecular flexibility index (Phi) is 3.27. The van der Waals surface area contributed by atoms with E-state index < -0.39 is 0 Å². The summed E-state index contributed by atoms with van der Waals surface area (Å²) in [6.45, 7) is 0.253. The molecule has 116 valence electrons. The SMILES string of the molecule is c1ccc(B2c3cc(-c4ccccc4)ccc3-c3ncccc32)cc1. The Labute approximate surface area is 148 Å². The Bertz CT molecular complexity index is 1040. The van der Waals surface area contributed by atoms with Crippen LogP contribution >= 0.6 is 0 Å². The van der Waals surface area contributed by atoms with Crippen molar-refractivity contribution in [3.05, 3.63) is 97.2 Å². The van der Waals surface area contributed by atoms with Crippen LogP contribution in [0.25, 0.3) is 22.4 Å². The van der Waals surface area contributed by atoms with Gasteiger partial charge in [0, 0.05) is 6.20 Å². The number of pyridine rings is 1. The Morgan fingerprint density at radius 2 is 1.36 bits per heavy atom. The highest BCUT2D eigenvalue weighted by molar-refractivity contribution is 6.99. The maximum absolute atomic E-state index is 4.68. The van der Waals surface area contributed by atoms with Gasteiger partial charge >= 0.3 is 0 Å². The lowest BCUT2D eigenvalue weighted by Crippen LogP contribution is -2.48. The van der Waals surface area contributed by atoms with Gasteiger partial charge < -0.3 is 0 Å². The molecule has 0 radical (unpaired) electrons. The van der Waals surface area contributed by atoms with Gasteiger partial charge in [0.25, 0.3) is 0 Å². The van der Waals surface area contributed by atoms with Crippen molar-refractivity contribution < 1.29 is 0 Å². The largest absolute Gasteiger partial charge is 0.257 e. The molecule has 2 heteroatoms. The van der Waals surface area contributed by atoms with Crippen LogP contribution in [0.4, 0.5) is 0 Å². The number of hydrogen-bond donors (Lipinski definition) is 0. The molecule has 1 aromatic heterocycles. The Balaban J connectivity index is 1.74. The van der Waals surface area contributed by atoms with Crippen molar-refractivity contribution in [2.75, 3.05) is 0 Å². The van der Waals surface area contributed by atoms with E-state index in [0.29, 0.717) is 0 Å². The number of rotatable bonds is 2. The normalized spacial score (nSPS) is 11.9. The van der Waals surface area contributed by atoms with Crippen LogP contribution in [-0.4, -0.2) is 11.7 Å². The highest BCUT2D eigenvalue weighted by atomic mass is 14.7. The van der Waals surface area contributed by atoms with Crippen LogP contribution in [0.2, 0.25) is 0 Å². The van der Waals surface area contributed by atoms with Crippen LogP contribution in [0.5, 0.6) is 0 Å². The van der Waals surface area contributed by atoms with Crippen LogP contribution in [-0.2, 0) is 0 Å². The van der Waals surface area contributed by atoms with Gasteiger partial charge in [-0.15, -0.1) is 0 Å². The van der Waals surface area contributed by atoms with Gasteiger partial charge in [-0.25, -0.2) is 0 Å². The molecule has 1 nitrogen and oxygen atoms in total. The zero-order valence-corrected chi connectivity index (χ0v) is 13.8. The zero-order chi connectivity index (χ0) is 16.6. The summed E-state index contributed by atoms with van der Waals surface area (Å²) in [6.07, 6.45) is 1.89. The van der Waals surface area contributed by atoms with Gasteiger partial charge in [-0.2, -0.15) is 0 Å². The van der Waals surface area contributed by atoms with Crippen molar-refractivity contribution in [3.63, 3.8) is 0 Å². The lowest BCUT2D eigenvalue weighted by atomic mass is 9.39. The van der Waals surface area contributed by atoms with Gasteiger partial charge in [0.15, 0.2) is 0 Å². The van der Waals surface area contributed by atoms with Gasteiger partial charge in [0.05, 0.1) is 5.69 Å². The summed E-state index contributed by atoms with van der Waals surface area (Å²) in [4.78, 5) is 4.68. The van der Waals surface area contributed by atoms with E-state index in [1.54, 1.807) is 0 Å². The van der Waals surface area contributed by atoms with Gasteiger partial charge in [-0.05, 0) is 28.2 Å². The third-order valence-corrected chi connectivity index (χ3v) is 5.01. The first-order valence-corrected chi connectivity index (χ1v) is 8.61. The van der Waals surface area contributed by atoms with Crippen molar-refractivity contribution in [3.8, 4) is 22.4 Å². The van der Waals surface area contributed by atoms with E-state index >= 15 is 0 Å². The molecule has 0 saturated heterocycles. The lowest BCUT2D eigenvalue weighted by molar-refractivity contribution is 1.36. The molecule has 0 unspecified atom stereocenters. The zero-order valence-electron chi connectivity index (χ0n) is 13.8. The van der Waals surface area contributed by atoms with E-state index in [1.165, 1.54) is 33.1 Å². The number of fused-ring (bicyclic) bond motifs is 3. The van der Waals surface area contributed by atoms with E-state index in [1.807, 2.05) is 12.3 Å². The van der Waals surface area contributed by atoms with E-state index in [9.17, 15) is 0 Å². The summed E-state index contributed by atoms with van der Waals surface area (Å²) in [5.74, 6) is 0. The molecule has 4 aromatic rings. The van der Waals surface area contributed by atoms with Crippen LogP contribution in [0.1, 0.15) is 0 Å². The van der Waals surface area contributed by atoms with Gasteiger partial charge in [0.2, 0.25) is 6.71 Å². The fraction of sp³-hybridized carbons (Fsp3) is 0. The van der Waals surface area contributed by atoms with Crippen molar-refractivity contribution in [1.29, 1.82) is 0 Å². The minimum absolute atomic E-state index is 0.253. The fourth-order valence-corrected chi connectivity index (χ4v) is 3.88. The Hall–Kier alpha value is -3.13. The summed E-state index contributed by atoms with van der Waals surface area (Å²) >= 11 is 0. The smallest absolute Gasteiger partial charge is 0.244 e. The van der Waals surface area contributed by atoms with Crippen molar-refractivity contribution in [2.45, 2.75) is 0 Å². The fourth-order valence-electron chi connectivity index (χ4n) is 3.88. The monoisotopic (exact) mass is 317 g/mol. The minimum Gasteiger partial charge on any atom is -0.257 e. The van der Waals surface area contributed by atoms with Crippen molar-refractivity contribution in [2.24, 2.45) is 0 Å². The summed E-state index contributed by atoms with van der Waals surface area (Å²) < 4.78 is 0. The predicted octanol–water partition coefficient (Wildman–Crippen LogP) is 3.25. The molecule has 0 saturated carbocycles. The highest BCUT2D eigenvalue weighted by Crippen LogP contribution is 2.25. The quantitative estimate of drug-likeness (QED) is 0.456. The third-order valence-electron chi connectivity index (χ3n) is 5.01. The molecule has 3 aromatic carbocycles. The topological polar surface area (TPSA) is 12.9 Å². The second kappa shape index (κ2) is 5.75. The average molecular weight is 317 g/mol. The molecular weight excluding hydrogens is 301 g/mol. The molecule has 0 fully saturated rings. The number of benzene rings is 3. The molecule has 0 N–H and O–H groups in total. The van der Waals surface area contributed by atoms with Crippen LogP contribution < -0.4 is 16.4 Å². The van der Waals surface area contributed by atoms with Crippen LogP contribution in [0.15, 0.2) is 97.2 Å². The highest BCUT2D eigenvalue weighted by Gasteiger charge is 2.34. The molecule has 5 rings (SSSR count). The van der Waals surface area contributed by atoms with Gasteiger partial charge in [0.1, 0.15) is 0 Å². The molecule has 0 atom stereocenters. The van der Waals surface area contributed by atoms with E-state index in [-0.39, 0.29) is 6.71 Å². The first kappa shape index (κ1) is 14.2. The second-order valence-electron chi connectivity index (χ2n) is 6.45. The number of nitrogens with zero attached hydrogens (tertiary/aromatic N) is 1. The first-order valence-electron chi connectivity index (χ1n) is 8.61. The molecule has 0 amide bonds. The van der Waals surface area contributed by atoms with E-state index in [0.717, 1.165) is 5.69 Å². The second-order valence-corrected chi connectivity index (χ2v) is 6.45. The molecule has 2 heterocycles. The molecule has 0 spiro atoms. The van der Waals surface area contributed by atoms with Gasteiger partial charge in [-0.1, -0.05) is 95.9 Å². The van der Waals surface area contributed by atoms with Crippen molar-refractivity contribution >= 4 is 23.1 Å². The maximum Gasteiger partial charge on any atom is 0.244 e. The van der Waals surface area contributed by atoms with Crippen LogP contribution in [0, 0.1) is 0 Å². The van der Waals surface area contributed by atoms with Crippen LogP contribution in [0.3, 0.4) is 0 Å². The minimum atomic E-state index is 0.253. The summed E-state index contributed by atoms with van der Waals surface area (Å²) in [5.41, 5.74) is 8.85. The molecule has 0 aliphatic carbocycles. The third kappa shape index (κ3) is 2.30. The van der Waals surface area contributed by atoms with Gasteiger partial charge in [-0.3, -0.25) is 4.98 Å². The molecule has 1 aliphatic heterocycles. The molecule has 0 bridgehead atoms. The van der Waals surface area contributed by atoms with Crippen molar-refractivity contribution in [1.82, 2.24) is 4.98 Å². The summed E-state index contributed by atoms with van der Waals surface area (Å²) in [6, 6.07) is 32.3. The number of aromatic nitrogens is 1. The molecular formula is C23H16BN. The molecule has 1 aliphatic rings. The van der Waals surface area contributed by atoms with E-state index in [4.69, 9.17) is 0 Å². The lowest BCUT2D eigenvalue weighted by Gasteiger charge is -2.11. The first-order chi connectivity index (χ1) is 12.4. The Morgan fingerprint density at radius 1 is 0.600 bits per heavy atom. The maximum atomic E-state index is 4.68. The average Bonchev–Trinajstić information content (AvgIpc) is 3.03. The summed E-state index contributed by atoms with van der Waals surface area (Å²) in [5, 5.41) is 0. The molecule has 25 heavy (non-hydrogen) atoms. The van der Waals surface area contributed by atoms with E-state index in [2.05, 4.69) is 89.9 Å². The predicted molar refractivity (Wildman–Crippen MR) is 106 cm³/mol. The number of hydrogen-bond acceptors (Lipinski definition) is 1. The Morgan fingerprint density at radius 3 is 2.16 bits per heavy atom. The standard InChI is InChI=1S/C23H16BN/c1-3-8-17(9-4-1)18-13-14-20-22(16-18)24(19-10-5-2-6-11-19)21-12-7-15-25-23(20)21/h1-16H. The summed E-state index contributed by atoms with van der Waals surface area (Å²) in [7, 11) is 0.